The van der Waals surface area contributed by atoms with Crippen molar-refractivity contribution in [3.8, 4) is 6.07 Å². The summed E-state index contributed by atoms with van der Waals surface area (Å²) in [6.45, 7) is 0.301. The molecule has 6 nitrogen and oxygen atoms in total. The van der Waals surface area contributed by atoms with E-state index < -0.39 is 24.0 Å². The maximum Gasteiger partial charge on any atom is 0.257 e. The molecule has 0 aliphatic carbocycles. The number of nitrogens with zero attached hydrogens (tertiary/aromatic N) is 3. The summed E-state index contributed by atoms with van der Waals surface area (Å²) in [5.41, 5.74) is -0.704. The van der Waals surface area contributed by atoms with E-state index in [9.17, 15) is 18.7 Å². The van der Waals surface area contributed by atoms with Gasteiger partial charge in [-0.05, 0) is 43.3 Å². The van der Waals surface area contributed by atoms with Crippen molar-refractivity contribution in [3.63, 3.8) is 0 Å². The first-order valence-corrected chi connectivity index (χ1v) is 8.08. The van der Waals surface area contributed by atoms with E-state index in [0.29, 0.717) is 10.9 Å². The number of benzene rings is 2. The summed E-state index contributed by atoms with van der Waals surface area (Å²) < 4.78 is 27.6. The Bertz CT molecular complexity index is 1050. The Hall–Kier alpha value is -3.31. The highest BCUT2D eigenvalue weighted by Gasteiger charge is 2.31. The van der Waals surface area contributed by atoms with E-state index in [-0.39, 0.29) is 23.4 Å². The smallest absolute Gasteiger partial charge is 0.257 e. The lowest BCUT2D eigenvalue weighted by Gasteiger charge is -2.22. The molecule has 0 spiro atoms. The Morgan fingerprint density at radius 1 is 1.37 bits per heavy atom. The molecule has 1 heterocycles. The third-order valence-corrected chi connectivity index (χ3v) is 4.10. The van der Waals surface area contributed by atoms with Gasteiger partial charge in [0.1, 0.15) is 12.5 Å². The molecule has 2 aromatic carbocycles. The first-order chi connectivity index (χ1) is 12.8. The number of aromatic nitrogens is 2. The molecular weight excluding hydrogens is 354 g/mol. The van der Waals surface area contributed by atoms with Crippen LogP contribution < -0.4 is 5.32 Å². The molecule has 1 atom stereocenters. The zero-order chi connectivity index (χ0) is 19.6. The molecule has 0 aliphatic rings. The average Bonchev–Trinajstić information content (AvgIpc) is 3.01. The molecule has 0 fully saturated rings. The van der Waals surface area contributed by atoms with Crippen LogP contribution in [-0.4, -0.2) is 26.4 Å². The quantitative estimate of drug-likeness (QED) is 0.722. The van der Waals surface area contributed by atoms with Crippen molar-refractivity contribution >= 4 is 22.5 Å². The summed E-state index contributed by atoms with van der Waals surface area (Å²) in [7, 11) is 0. The highest BCUT2D eigenvalue weighted by molar-refractivity contribution is 5.97. The van der Waals surface area contributed by atoms with Crippen LogP contribution in [0.5, 0.6) is 0 Å². The normalized spacial score (nSPS) is 13.1. The van der Waals surface area contributed by atoms with Gasteiger partial charge in [-0.1, -0.05) is 0 Å². The van der Waals surface area contributed by atoms with Crippen LogP contribution in [0, 0.1) is 17.1 Å². The lowest BCUT2D eigenvalue weighted by molar-refractivity contribution is -0.133. The zero-order valence-corrected chi connectivity index (χ0v) is 14.4. The minimum absolute atomic E-state index is 0.148. The predicted molar refractivity (Wildman–Crippen MR) is 94.9 cm³/mol. The molecule has 2 N–H and O–H groups in total. The van der Waals surface area contributed by atoms with E-state index in [1.54, 1.807) is 0 Å². The number of rotatable bonds is 5. The SMILES string of the molecule is C[C@](O)(Cn1cc2cc(F)ccc2n1)C(=O)Nc1ccc(C#N)c(CF)c1. The van der Waals surface area contributed by atoms with Gasteiger partial charge in [-0.2, -0.15) is 10.4 Å². The highest BCUT2D eigenvalue weighted by Crippen LogP contribution is 2.20. The molecule has 1 amide bonds. The Morgan fingerprint density at radius 3 is 2.85 bits per heavy atom. The first-order valence-electron chi connectivity index (χ1n) is 8.08. The van der Waals surface area contributed by atoms with E-state index in [0.717, 1.165) is 0 Å². The van der Waals surface area contributed by atoms with Gasteiger partial charge in [0, 0.05) is 22.8 Å². The monoisotopic (exact) mass is 370 g/mol. The van der Waals surface area contributed by atoms with Crippen LogP contribution in [0.25, 0.3) is 10.9 Å². The molecule has 3 rings (SSSR count). The fourth-order valence-corrected chi connectivity index (χ4v) is 2.67. The van der Waals surface area contributed by atoms with Gasteiger partial charge in [0.25, 0.3) is 5.91 Å². The van der Waals surface area contributed by atoms with Crippen molar-refractivity contribution < 1.29 is 18.7 Å². The first kappa shape index (κ1) is 18.5. The van der Waals surface area contributed by atoms with Crippen LogP contribution >= 0.6 is 0 Å². The Labute approximate surface area is 153 Å². The second-order valence-corrected chi connectivity index (χ2v) is 6.38. The number of hydrogen-bond donors (Lipinski definition) is 2. The van der Waals surface area contributed by atoms with Gasteiger partial charge in [-0.15, -0.1) is 0 Å². The van der Waals surface area contributed by atoms with Crippen LogP contribution in [0.3, 0.4) is 0 Å². The number of nitriles is 1. The largest absolute Gasteiger partial charge is 0.378 e. The van der Waals surface area contributed by atoms with Gasteiger partial charge in [0.15, 0.2) is 5.60 Å². The van der Waals surface area contributed by atoms with Crippen LogP contribution in [0.4, 0.5) is 14.5 Å². The second-order valence-electron chi connectivity index (χ2n) is 6.38. The van der Waals surface area contributed by atoms with Crippen molar-refractivity contribution in [2.45, 2.75) is 25.7 Å². The average molecular weight is 370 g/mol. The number of hydrogen-bond acceptors (Lipinski definition) is 4. The van der Waals surface area contributed by atoms with Gasteiger partial charge in [0.2, 0.25) is 0 Å². The molecule has 0 saturated carbocycles. The summed E-state index contributed by atoms with van der Waals surface area (Å²) >= 11 is 0. The molecule has 8 heteroatoms. The number of aliphatic hydroxyl groups is 1. The second kappa shape index (κ2) is 7.13. The summed E-state index contributed by atoms with van der Waals surface area (Å²) in [4.78, 5) is 12.4. The molecular formula is C19H16F2N4O2. The van der Waals surface area contributed by atoms with Crippen molar-refractivity contribution in [1.29, 1.82) is 5.26 Å². The van der Waals surface area contributed by atoms with Gasteiger partial charge in [-0.3, -0.25) is 9.48 Å². The number of carbonyl (C=O) groups excluding carboxylic acids is 1. The number of carbonyl (C=O) groups is 1. The van der Waals surface area contributed by atoms with Gasteiger partial charge in [0.05, 0.1) is 23.7 Å². The van der Waals surface area contributed by atoms with Crippen LogP contribution in [0.2, 0.25) is 0 Å². The predicted octanol–water partition coefficient (Wildman–Crippen LogP) is 2.91. The molecule has 1 aromatic heterocycles. The van der Waals surface area contributed by atoms with Gasteiger partial charge < -0.3 is 10.4 Å². The fraction of sp³-hybridized carbons (Fsp3) is 0.211. The van der Waals surface area contributed by atoms with E-state index in [1.807, 2.05) is 6.07 Å². The van der Waals surface area contributed by atoms with Crippen LogP contribution in [0.15, 0.2) is 42.6 Å². The molecule has 0 bridgehead atoms. The lowest BCUT2D eigenvalue weighted by Crippen LogP contribution is -2.43. The number of nitrogens with one attached hydrogen (secondary N) is 1. The molecule has 3 aromatic rings. The standard InChI is InChI=1S/C19H16F2N4O2/c1-19(27,11-25-10-14-6-15(21)3-5-17(14)24-25)18(26)23-16-4-2-12(9-22)13(7-16)8-20/h2-7,10,27H,8,11H2,1H3,(H,23,26)/t19-/m0/s1. The summed E-state index contributed by atoms with van der Waals surface area (Å²) in [5, 5.41) is 26.7. The Morgan fingerprint density at radius 2 is 2.15 bits per heavy atom. The van der Waals surface area contributed by atoms with Crippen molar-refractivity contribution in [2.24, 2.45) is 0 Å². The summed E-state index contributed by atoms with van der Waals surface area (Å²) in [6.07, 6.45) is 1.53. The van der Waals surface area contributed by atoms with E-state index >= 15 is 0 Å². The van der Waals surface area contributed by atoms with E-state index in [1.165, 1.54) is 54.2 Å². The number of halogens is 2. The third kappa shape index (κ3) is 3.93. The third-order valence-electron chi connectivity index (χ3n) is 4.10. The van der Waals surface area contributed by atoms with Crippen LogP contribution in [-0.2, 0) is 18.0 Å². The summed E-state index contributed by atoms with van der Waals surface area (Å²) in [6, 6.07) is 10.2. The van der Waals surface area contributed by atoms with Crippen molar-refractivity contribution in [3.05, 3.63) is 59.5 Å². The molecule has 0 saturated heterocycles. The van der Waals surface area contributed by atoms with Gasteiger partial charge in [-0.25, -0.2) is 8.78 Å². The molecule has 0 radical (unpaired) electrons. The molecule has 0 unspecified atom stereocenters. The molecule has 138 valence electrons. The number of alkyl halides is 1. The van der Waals surface area contributed by atoms with E-state index in [2.05, 4.69) is 10.4 Å². The number of fused-ring (bicyclic) bond motifs is 1. The highest BCUT2D eigenvalue weighted by atomic mass is 19.1. The minimum Gasteiger partial charge on any atom is -0.378 e. The Kier molecular flexibility index (Phi) is 4.88. The molecule has 27 heavy (non-hydrogen) atoms. The van der Waals surface area contributed by atoms with Gasteiger partial charge >= 0.3 is 0 Å². The van der Waals surface area contributed by atoms with Crippen molar-refractivity contribution in [2.75, 3.05) is 5.32 Å². The van der Waals surface area contributed by atoms with Crippen LogP contribution in [0.1, 0.15) is 18.1 Å². The Balaban J connectivity index is 1.77. The fourth-order valence-electron chi connectivity index (χ4n) is 2.67. The minimum atomic E-state index is -1.83. The maximum atomic E-state index is 13.3. The topological polar surface area (TPSA) is 90.9 Å². The van der Waals surface area contributed by atoms with Crippen molar-refractivity contribution in [1.82, 2.24) is 9.78 Å². The number of anilines is 1. The van der Waals surface area contributed by atoms with E-state index in [4.69, 9.17) is 5.26 Å². The molecule has 0 aliphatic heterocycles. The zero-order valence-electron chi connectivity index (χ0n) is 14.4. The lowest BCUT2D eigenvalue weighted by atomic mass is 10.1. The summed E-state index contributed by atoms with van der Waals surface area (Å²) in [5.74, 6) is -1.13. The number of amides is 1. The maximum absolute atomic E-state index is 13.3.